The lowest BCUT2D eigenvalue weighted by Gasteiger charge is -2.10. The van der Waals surface area contributed by atoms with Crippen molar-refractivity contribution in [2.24, 2.45) is 0 Å². The summed E-state index contributed by atoms with van der Waals surface area (Å²) in [5, 5.41) is 10.8. The molecule has 1 N–H and O–H groups in total. The van der Waals surface area contributed by atoms with Crippen molar-refractivity contribution in [3.05, 3.63) is 59.7 Å². The summed E-state index contributed by atoms with van der Waals surface area (Å²) in [6.07, 6.45) is 1.95. The van der Waals surface area contributed by atoms with Crippen LogP contribution in [-0.2, 0) is 16.4 Å². The van der Waals surface area contributed by atoms with Gasteiger partial charge in [0.2, 0.25) is 0 Å². The van der Waals surface area contributed by atoms with E-state index in [1.165, 1.54) is 18.2 Å². The van der Waals surface area contributed by atoms with Gasteiger partial charge in [0, 0.05) is 5.69 Å². The van der Waals surface area contributed by atoms with Gasteiger partial charge >= 0.3 is 0 Å². The van der Waals surface area contributed by atoms with Gasteiger partial charge in [-0.2, -0.15) is 0 Å². The zero-order chi connectivity index (χ0) is 16.2. The van der Waals surface area contributed by atoms with Crippen LogP contribution in [0.4, 0.5) is 5.69 Å². The van der Waals surface area contributed by atoms with E-state index >= 15 is 0 Å². The van der Waals surface area contributed by atoms with E-state index < -0.39 is 16.0 Å². The summed E-state index contributed by atoms with van der Waals surface area (Å²) in [5.74, 6) is -1.42. The molecule has 2 aromatic carbocycles. The van der Waals surface area contributed by atoms with Gasteiger partial charge in [0.1, 0.15) is 0 Å². The van der Waals surface area contributed by atoms with E-state index in [1.54, 1.807) is 12.1 Å². The highest BCUT2D eigenvalue weighted by Crippen LogP contribution is 2.18. The molecule has 0 heterocycles. The molecule has 2 aromatic rings. The highest BCUT2D eigenvalue weighted by Gasteiger charge is 2.14. The molecule has 0 atom stereocenters. The lowest BCUT2D eigenvalue weighted by Crippen LogP contribution is -2.23. The van der Waals surface area contributed by atoms with Gasteiger partial charge in [-0.1, -0.05) is 37.6 Å². The fourth-order valence-electron chi connectivity index (χ4n) is 2.03. The Morgan fingerprint density at radius 1 is 1.14 bits per heavy atom. The Hall–Kier alpha value is -2.34. The van der Waals surface area contributed by atoms with Crippen LogP contribution in [0.1, 0.15) is 29.3 Å². The van der Waals surface area contributed by atoms with Gasteiger partial charge in [-0.15, -0.1) is 0 Å². The van der Waals surface area contributed by atoms with Gasteiger partial charge in [-0.3, -0.25) is 4.72 Å². The molecule has 0 radical (unpaired) electrons. The summed E-state index contributed by atoms with van der Waals surface area (Å²) in [5.41, 5.74) is 1.38. The van der Waals surface area contributed by atoms with E-state index in [9.17, 15) is 18.3 Å². The zero-order valence-electron chi connectivity index (χ0n) is 12.1. The number of anilines is 1. The van der Waals surface area contributed by atoms with Gasteiger partial charge in [0.05, 0.1) is 10.9 Å². The first-order valence-electron chi connectivity index (χ1n) is 6.85. The molecule has 0 aliphatic rings. The summed E-state index contributed by atoms with van der Waals surface area (Å²) in [7, 11) is -3.84. The van der Waals surface area contributed by atoms with E-state index in [1.807, 2.05) is 12.1 Å². The maximum atomic E-state index is 12.3. The second-order valence-electron chi connectivity index (χ2n) is 4.87. The monoisotopic (exact) mass is 318 g/mol. The van der Waals surface area contributed by atoms with Crippen molar-refractivity contribution in [2.75, 3.05) is 4.72 Å². The van der Waals surface area contributed by atoms with Crippen molar-refractivity contribution in [1.29, 1.82) is 0 Å². The summed E-state index contributed by atoms with van der Waals surface area (Å²) >= 11 is 0. The molecular formula is C16H16NO4S-. The standard InChI is InChI=1S/C16H17NO4S/c1-2-4-12-7-9-14(10-8-12)17-22(20,21)15-6-3-5-13(11-15)16(18)19/h3,5-11,17H,2,4H2,1H3,(H,18,19)/p-1. The predicted octanol–water partition coefficient (Wildman–Crippen LogP) is 1.80. The molecule has 0 saturated carbocycles. The van der Waals surface area contributed by atoms with E-state index in [0.29, 0.717) is 5.69 Å². The predicted molar refractivity (Wildman–Crippen MR) is 82.0 cm³/mol. The smallest absolute Gasteiger partial charge is 0.261 e. The summed E-state index contributed by atoms with van der Waals surface area (Å²) in [6, 6.07) is 12.1. The third-order valence-electron chi connectivity index (χ3n) is 3.12. The third kappa shape index (κ3) is 3.85. The van der Waals surface area contributed by atoms with Crippen molar-refractivity contribution < 1.29 is 18.3 Å². The van der Waals surface area contributed by atoms with Gasteiger partial charge in [-0.05, 0) is 41.8 Å². The number of aryl methyl sites for hydroxylation is 1. The van der Waals surface area contributed by atoms with Crippen LogP contribution in [0.2, 0.25) is 0 Å². The highest BCUT2D eigenvalue weighted by atomic mass is 32.2. The number of carbonyl (C=O) groups excluding carboxylic acids is 1. The third-order valence-corrected chi connectivity index (χ3v) is 4.50. The average molecular weight is 318 g/mol. The van der Waals surface area contributed by atoms with Gasteiger partial charge in [-0.25, -0.2) is 8.42 Å². The SMILES string of the molecule is CCCc1ccc(NS(=O)(=O)c2cccc(C(=O)[O-])c2)cc1. The highest BCUT2D eigenvalue weighted by molar-refractivity contribution is 7.92. The molecule has 2 rings (SSSR count). The Morgan fingerprint density at radius 3 is 2.41 bits per heavy atom. The van der Waals surface area contributed by atoms with Crippen molar-refractivity contribution in [3.63, 3.8) is 0 Å². The molecule has 116 valence electrons. The normalized spacial score (nSPS) is 11.1. The Bertz CT molecular complexity index is 767. The molecular weight excluding hydrogens is 302 g/mol. The Balaban J connectivity index is 2.23. The van der Waals surface area contributed by atoms with Crippen LogP contribution in [0.25, 0.3) is 0 Å². The second kappa shape index (κ2) is 6.62. The minimum Gasteiger partial charge on any atom is -0.545 e. The minimum absolute atomic E-state index is 0.119. The molecule has 0 unspecified atom stereocenters. The van der Waals surface area contributed by atoms with E-state index in [-0.39, 0.29) is 10.5 Å². The van der Waals surface area contributed by atoms with Crippen molar-refractivity contribution in [3.8, 4) is 0 Å². The van der Waals surface area contributed by atoms with Crippen LogP contribution in [0.15, 0.2) is 53.4 Å². The number of sulfonamides is 1. The minimum atomic E-state index is -3.84. The first-order chi connectivity index (χ1) is 10.4. The van der Waals surface area contributed by atoms with Crippen LogP contribution in [-0.4, -0.2) is 14.4 Å². The van der Waals surface area contributed by atoms with Crippen LogP contribution >= 0.6 is 0 Å². The number of nitrogens with one attached hydrogen (secondary N) is 1. The molecule has 0 saturated heterocycles. The fourth-order valence-corrected chi connectivity index (χ4v) is 3.14. The van der Waals surface area contributed by atoms with Crippen molar-refractivity contribution in [2.45, 2.75) is 24.7 Å². The molecule has 22 heavy (non-hydrogen) atoms. The first-order valence-corrected chi connectivity index (χ1v) is 8.34. The van der Waals surface area contributed by atoms with Crippen LogP contribution in [0.5, 0.6) is 0 Å². The number of benzene rings is 2. The second-order valence-corrected chi connectivity index (χ2v) is 6.55. The molecule has 5 nitrogen and oxygen atoms in total. The number of hydrogen-bond donors (Lipinski definition) is 1. The molecule has 0 amide bonds. The van der Waals surface area contributed by atoms with Crippen molar-refractivity contribution >= 4 is 21.7 Å². The summed E-state index contributed by atoms with van der Waals surface area (Å²) in [6.45, 7) is 2.07. The number of carboxylic acids is 1. The summed E-state index contributed by atoms with van der Waals surface area (Å²) in [4.78, 5) is 10.7. The number of carboxylic acid groups (broad SMARTS) is 1. The van der Waals surface area contributed by atoms with Crippen molar-refractivity contribution in [1.82, 2.24) is 0 Å². The Morgan fingerprint density at radius 2 is 1.82 bits per heavy atom. The molecule has 0 fully saturated rings. The number of aromatic carboxylic acids is 1. The Kier molecular flexibility index (Phi) is 4.82. The zero-order valence-corrected chi connectivity index (χ0v) is 12.9. The average Bonchev–Trinajstić information content (AvgIpc) is 2.49. The molecule has 0 aliphatic heterocycles. The Labute approximate surface area is 129 Å². The van der Waals surface area contributed by atoms with E-state index in [0.717, 1.165) is 24.5 Å². The first kappa shape index (κ1) is 16.0. The molecule has 0 spiro atoms. The maximum Gasteiger partial charge on any atom is 0.261 e. The molecule has 0 aliphatic carbocycles. The topological polar surface area (TPSA) is 86.3 Å². The lowest BCUT2D eigenvalue weighted by molar-refractivity contribution is -0.255. The van der Waals surface area contributed by atoms with Gasteiger partial charge in [0.25, 0.3) is 10.0 Å². The molecule has 6 heteroatoms. The van der Waals surface area contributed by atoms with E-state index in [4.69, 9.17) is 0 Å². The molecule has 0 aromatic heterocycles. The largest absolute Gasteiger partial charge is 0.545 e. The van der Waals surface area contributed by atoms with Crippen LogP contribution in [0.3, 0.4) is 0 Å². The summed E-state index contributed by atoms with van der Waals surface area (Å²) < 4.78 is 27.0. The quantitative estimate of drug-likeness (QED) is 0.880. The number of hydrogen-bond acceptors (Lipinski definition) is 4. The van der Waals surface area contributed by atoms with Crippen LogP contribution in [0, 0.1) is 0 Å². The van der Waals surface area contributed by atoms with Gasteiger partial charge in [0.15, 0.2) is 0 Å². The fraction of sp³-hybridized carbons (Fsp3) is 0.188. The molecule has 0 bridgehead atoms. The van der Waals surface area contributed by atoms with E-state index in [2.05, 4.69) is 11.6 Å². The van der Waals surface area contributed by atoms with Gasteiger partial charge < -0.3 is 9.90 Å². The maximum absolute atomic E-state index is 12.3. The lowest BCUT2D eigenvalue weighted by atomic mass is 10.1. The number of carbonyl (C=O) groups is 1. The number of rotatable bonds is 6. The van der Waals surface area contributed by atoms with Crippen LogP contribution < -0.4 is 9.83 Å².